The fourth-order valence-corrected chi connectivity index (χ4v) is 8.18. The second-order valence-electron chi connectivity index (χ2n) is 10.1. The highest BCUT2D eigenvalue weighted by molar-refractivity contribution is 7.91. The zero-order valence-corrected chi connectivity index (χ0v) is 25.3. The number of hydrogen-bond donors (Lipinski definition) is 1. The van der Waals surface area contributed by atoms with Crippen molar-refractivity contribution in [2.45, 2.75) is 55.1 Å². The molecule has 0 bridgehead atoms. The van der Waals surface area contributed by atoms with Gasteiger partial charge in [0.2, 0.25) is 5.95 Å². The molecule has 0 spiro atoms. The number of alkyl halides is 3. The Labute approximate surface area is 256 Å². The minimum absolute atomic E-state index is 0.0145. The zero-order chi connectivity index (χ0) is 30.8. The summed E-state index contributed by atoms with van der Waals surface area (Å²) in [6.45, 7) is 2.11. The molecule has 4 aromatic rings. The first-order valence-electron chi connectivity index (χ1n) is 13.4. The lowest BCUT2D eigenvalue weighted by Gasteiger charge is -2.22. The number of ketones is 1. The second-order valence-corrected chi connectivity index (χ2v) is 13.9. The molecule has 226 valence electrons. The normalized spacial score (nSPS) is 16.7. The van der Waals surface area contributed by atoms with Gasteiger partial charge in [-0.05, 0) is 68.7 Å². The number of anilines is 1. The van der Waals surface area contributed by atoms with Crippen molar-refractivity contribution in [3.8, 4) is 11.3 Å². The average molecular weight is 650 g/mol. The van der Waals surface area contributed by atoms with Gasteiger partial charge >= 0.3 is 6.18 Å². The van der Waals surface area contributed by atoms with E-state index in [1.807, 2.05) is 19.1 Å². The van der Waals surface area contributed by atoms with E-state index in [1.165, 1.54) is 28.6 Å². The van der Waals surface area contributed by atoms with Crippen molar-refractivity contribution in [2.24, 2.45) is 0 Å². The number of thiophene rings is 1. The molecule has 0 amide bonds. The molecule has 1 N–H and O–H groups in total. The lowest BCUT2D eigenvalue weighted by Crippen LogP contribution is -2.40. The average Bonchev–Trinajstić information content (AvgIpc) is 3.66. The molecule has 43 heavy (non-hydrogen) atoms. The van der Waals surface area contributed by atoms with Crippen molar-refractivity contribution in [2.75, 3.05) is 11.9 Å². The summed E-state index contributed by atoms with van der Waals surface area (Å²) in [6.07, 6.45) is -1.66. The van der Waals surface area contributed by atoms with E-state index < -0.39 is 27.8 Å². The summed E-state index contributed by atoms with van der Waals surface area (Å²) in [5, 5.41) is 3.19. The van der Waals surface area contributed by atoms with Gasteiger partial charge in [0.25, 0.3) is 10.0 Å². The lowest BCUT2D eigenvalue weighted by atomic mass is 10.0. The number of nitrogens with one attached hydrogen (secondary N) is 1. The van der Waals surface area contributed by atoms with Crippen LogP contribution in [0.5, 0.6) is 0 Å². The number of aryl methyl sites for hydroxylation is 1. The van der Waals surface area contributed by atoms with E-state index in [9.17, 15) is 26.4 Å². The van der Waals surface area contributed by atoms with Crippen molar-refractivity contribution in [1.29, 1.82) is 0 Å². The highest BCUT2D eigenvalue weighted by atomic mass is 35.5. The summed E-state index contributed by atoms with van der Waals surface area (Å²) < 4.78 is 67.5. The number of benzene rings is 1. The van der Waals surface area contributed by atoms with Crippen LogP contribution in [-0.4, -0.2) is 46.0 Å². The Morgan fingerprint density at radius 2 is 1.91 bits per heavy atom. The van der Waals surface area contributed by atoms with Crippen LogP contribution in [0.4, 0.5) is 19.1 Å². The predicted molar refractivity (Wildman–Crippen MR) is 158 cm³/mol. The van der Waals surface area contributed by atoms with E-state index in [4.69, 9.17) is 11.6 Å². The Morgan fingerprint density at radius 1 is 1.14 bits per heavy atom. The van der Waals surface area contributed by atoms with Crippen molar-refractivity contribution < 1.29 is 26.4 Å². The Hall–Kier alpha value is -3.39. The van der Waals surface area contributed by atoms with Crippen LogP contribution in [-0.2, 0) is 27.4 Å². The molecule has 0 aliphatic carbocycles. The predicted octanol–water partition coefficient (Wildman–Crippen LogP) is 6.80. The molecule has 1 fully saturated rings. The minimum atomic E-state index is -4.47. The van der Waals surface area contributed by atoms with E-state index in [-0.39, 0.29) is 41.4 Å². The molecule has 0 saturated carbocycles. The third kappa shape index (κ3) is 7.23. The van der Waals surface area contributed by atoms with Crippen LogP contribution in [0.3, 0.4) is 0 Å². The van der Waals surface area contributed by atoms with Crippen LogP contribution >= 0.6 is 22.9 Å². The van der Waals surface area contributed by atoms with Gasteiger partial charge in [-0.2, -0.15) is 17.5 Å². The first kappa shape index (κ1) is 31.0. The van der Waals surface area contributed by atoms with Gasteiger partial charge in [0.05, 0.1) is 33.4 Å². The minimum Gasteiger partial charge on any atom is -0.346 e. The molecular weight excluding hydrogens is 623 g/mol. The molecular formula is C29H27ClF3N5O3S2. The van der Waals surface area contributed by atoms with Gasteiger partial charge in [-0.25, -0.2) is 18.4 Å². The number of halogens is 4. The Morgan fingerprint density at radius 3 is 2.56 bits per heavy atom. The van der Waals surface area contributed by atoms with Crippen LogP contribution in [0, 0.1) is 0 Å². The summed E-state index contributed by atoms with van der Waals surface area (Å²) in [5.41, 5.74) is 1.25. The highest BCUT2D eigenvalue weighted by Crippen LogP contribution is 2.34. The molecule has 3 aromatic heterocycles. The van der Waals surface area contributed by atoms with E-state index in [2.05, 4.69) is 20.3 Å². The van der Waals surface area contributed by atoms with E-state index in [1.54, 1.807) is 18.3 Å². The molecule has 0 unspecified atom stereocenters. The van der Waals surface area contributed by atoms with E-state index >= 15 is 0 Å². The van der Waals surface area contributed by atoms with Gasteiger partial charge in [-0.1, -0.05) is 29.8 Å². The molecule has 8 nitrogen and oxygen atoms in total. The standard InChI is InChI=1S/C29H27ClF3N5O3S2/c1-18(22-5-2-3-15-34-22)35-28-36-21(17-23(37-28)19-7-9-20(10-8-19)29(31,32)33)11-12-25(39)24-6-4-16-38(24)43(40,41)27-14-13-26(30)42-27/h2-3,5,7-10,13-15,17-18,24H,4,6,11-12,16H2,1H3,(H,35,36,37)/t18-,24-/m0/s1. The number of pyridine rings is 1. The lowest BCUT2D eigenvalue weighted by molar-refractivity contribution is -0.137. The quantitative estimate of drug-likeness (QED) is 0.201. The monoisotopic (exact) mass is 649 g/mol. The summed E-state index contributed by atoms with van der Waals surface area (Å²) in [4.78, 5) is 26.8. The summed E-state index contributed by atoms with van der Waals surface area (Å²) in [6, 6.07) is 13.6. The van der Waals surface area contributed by atoms with Crippen molar-refractivity contribution in [3.05, 3.63) is 88.1 Å². The Bertz CT molecular complexity index is 1700. The molecule has 1 saturated heterocycles. The topological polar surface area (TPSA) is 105 Å². The molecule has 5 rings (SSSR count). The molecule has 0 radical (unpaired) electrons. The number of carbonyl (C=O) groups is 1. The number of carbonyl (C=O) groups excluding carboxylic acids is 1. The maximum absolute atomic E-state index is 13.3. The maximum atomic E-state index is 13.3. The van der Waals surface area contributed by atoms with Gasteiger partial charge in [0.15, 0.2) is 5.78 Å². The number of Topliss-reactive ketones (excluding diaryl/α,β-unsaturated/α-hetero) is 1. The van der Waals surface area contributed by atoms with Crippen LogP contribution in [0.2, 0.25) is 4.34 Å². The molecule has 4 heterocycles. The number of hydrogen-bond acceptors (Lipinski definition) is 8. The van der Waals surface area contributed by atoms with Crippen LogP contribution in [0.1, 0.15) is 49.2 Å². The number of sulfonamides is 1. The molecule has 1 aliphatic rings. The van der Waals surface area contributed by atoms with Crippen molar-refractivity contribution in [3.63, 3.8) is 0 Å². The smallest absolute Gasteiger partial charge is 0.346 e. The van der Waals surface area contributed by atoms with Crippen LogP contribution in [0.15, 0.2) is 71.1 Å². The maximum Gasteiger partial charge on any atom is 0.416 e. The molecule has 1 aliphatic heterocycles. The fraction of sp³-hybridized carbons (Fsp3) is 0.310. The molecule has 2 atom stereocenters. The van der Waals surface area contributed by atoms with Gasteiger partial charge < -0.3 is 5.32 Å². The summed E-state index contributed by atoms with van der Waals surface area (Å²) in [5.74, 6) is -0.0209. The largest absolute Gasteiger partial charge is 0.416 e. The Balaban J connectivity index is 1.38. The third-order valence-electron chi connectivity index (χ3n) is 7.08. The summed E-state index contributed by atoms with van der Waals surface area (Å²) in [7, 11) is -3.87. The Kier molecular flexibility index (Phi) is 9.16. The van der Waals surface area contributed by atoms with Gasteiger partial charge in [-0.15, -0.1) is 11.3 Å². The number of aromatic nitrogens is 3. The van der Waals surface area contributed by atoms with Crippen LogP contribution in [0.25, 0.3) is 11.3 Å². The molecule has 14 heteroatoms. The first-order chi connectivity index (χ1) is 20.4. The SMILES string of the molecule is C[C@H](Nc1nc(CCC(=O)[C@@H]2CCCN2S(=O)(=O)c2ccc(Cl)s2)cc(-c2ccc(C(F)(F)F)cc2)n1)c1ccccn1. The molecule has 1 aromatic carbocycles. The van der Waals surface area contributed by atoms with Gasteiger partial charge in [0, 0.05) is 30.4 Å². The van der Waals surface area contributed by atoms with Crippen molar-refractivity contribution >= 4 is 44.7 Å². The third-order valence-corrected chi connectivity index (χ3v) is 10.7. The van der Waals surface area contributed by atoms with Crippen molar-refractivity contribution in [1.82, 2.24) is 19.3 Å². The first-order valence-corrected chi connectivity index (χ1v) is 16.1. The fourth-order valence-electron chi connectivity index (χ4n) is 4.89. The number of nitrogens with zero attached hydrogens (tertiary/aromatic N) is 4. The summed E-state index contributed by atoms with van der Waals surface area (Å²) >= 11 is 6.90. The van der Waals surface area contributed by atoms with E-state index in [0.717, 1.165) is 29.2 Å². The highest BCUT2D eigenvalue weighted by Gasteiger charge is 2.39. The van der Waals surface area contributed by atoms with Crippen LogP contribution < -0.4 is 5.32 Å². The second kappa shape index (κ2) is 12.7. The number of rotatable bonds is 10. The zero-order valence-electron chi connectivity index (χ0n) is 22.9. The van der Waals surface area contributed by atoms with Gasteiger partial charge in [-0.3, -0.25) is 9.78 Å². The van der Waals surface area contributed by atoms with Gasteiger partial charge in [0.1, 0.15) is 4.21 Å². The van der Waals surface area contributed by atoms with E-state index in [0.29, 0.717) is 34.1 Å².